The van der Waals surface area contributed by atoms with E-state index in [0.29, 0.717) is 19.6 Å². The second-order valence-corrected chi connectivity index (χ2v) is 5.93. The molecule has 1 N–H and O–H groups in total. The summed E-state index contributed by atoms with van der Waals surface area (Å²) < 4.78 is 10.9. The van der Waals surface area contributed by atoms with Crippen LogP contribution in [-0.2, 0) is 11.2 Å². The minimum atomic E-state index is -0.0109. The van der Waals surface area contributed by atoms with Gasteiger partial charge in [-0.25, -0.2) is 0 Å². The molecule has 0 radical (unpaired) electrons. The molecular formula is C20H25NO3. The number of hydrogen-bond donors (Lipinski definition) is 1. The van der Waals surface area contributed by atoms with Crippen LogP contribution in [0.3, 0.4) is 0 Å². The Morgan fingerprint density at radius 2 is 1.79 bits per heavy atom. The first-order valence-corrected chi connectivity index (χ1v) is 8.10. The highest BCUT2D eigenvalue weighted by Crippen LogP contribution is 2.19. The number of amides is 1. The molecule has 128 valence electrons. The Bertz CT molecular complexity index is 710. The highest BCUT2D eigenvalue weighted by atomic mass is 16.5. The van der Waals surface area contributed by atoms with Crippen LogP contribution in [0.5, 0.6) is 11.5 Å². The van der Waals surface area contributed by atoms with Gasteiger partial charge in [0.05, 0.1) is 20.1 Å². The van der Waals surface area contributed by atoms with Crippen molar-refractivity contribution in [1.82, 2.24) is 5.32 Å². The highest BCUT2D eigenvalue weighted by molar-refractivity contribution is 5.78. The van der Waals surface area contributed by atoms with Gasteiger partial charge in [-0.05, 0) is 61.2 Å². The number of methoxy groups -OCH3 is 1. The molecule has 2 rings (SSSR count). The number of nitrogens with one attached hydrogen (secondary N) is 1. The van der Waals surface area contributed by atoms with E-state index < -0.39 is 0 Å². The van der Waals surface area contributed by atoms with E-state index >= 15 is 0 Å². The third kappa shape index (κ3) is 5.01. The first-order valence-electron chi connectivity index (χ1n) is 8.10. The topological polar surface area (TPSA) is 47.6 Å². The van der Waals surface area contributed by atoms with Crippen LogP contribution < -0.4 is 14.8 Å². The zero-order valence-corrected chi connectivity index (χ0v) is 14.8. The fraction of sp³-hybridized carbons (Fsp3) is 0.350. The van der Waals surface area contributed by atoms with Crippen LogP contribution in [0, 0.1) is 20.8 Å². The van der Waals surface area contributed by atoms with E-state index in [1.807, 2.05) is 43.3 Å². The number of carbonyl (C=O) groups is 1. The Balaban J connectivity index is 1.75. The Labute approximate surface area is 143 Å². The molecule has 0 bridgehead atoms. The van der Waals surface area contributed by atoms with Crippen molar-refractivity contribution in [3.8, 4) is 11.5 Å². The van der Waals surface area contributed by atoms with E-state index in [9.17, 15) is 4.79 Å². The van der Waals surface area contributed by atoms with Crippen molar-refractivity contribution < 1.29 is 14.3 Å². The van der Waals surface area contributed by atoms with E-state index in [0.717, 1.165) is 22.6 Å². The Morgan fingerprint density at radius 1 is 1.00 bits per heavy atom. The number of hydrogen-bond acceptors (Lipinski definition) is 3. The normalized spacial score (nSPS) is 10.3. The lowest BCUT2D eigenvalue weighted by molar-refractivity contribution is -0.120. The van der Waals surface area contributed by atoms with Crippen molar-refractivity contribution in [3.63, 3.8) is 0 Å². The van der Waals surface area contributed by atoms with Gasteiger partial charge in [0, 0.05) is 0 Å². The molecular weight excluding hydrogens is 302 g/mol. The average molecular weight is 327 g/mol. The van der Waals surface area contributed by atoms with Crippen molar-refractivity contribution >= 4 is 5.91 Å². The van der Waals surface area contributed by atoms with Crippen LogP contribution in [-0.4, -0.2) is 26.2 Å². The molecule has 2 aromatic carbocycles. The van der Waals surface area contributed by atoms with Gasteiger partial charge >= 0.3 is 0 Å². The minimum absolute atomic E-state index is 0.0109. The summed E-state index contributed by atoms with van der Waals surface area (Å²) in [5.41, 5.74) is 4.44. The van der Waals surface area contributed by atoms with Gasteiger partial charge in [0.25, 0.3) is 0 Å². The van der Waals surface area contributed by atoms with Crippen molar-refractivity contribution in [2.24, 2.45) is 0 Å². The average Bonchev–Trinajstić information content (AvgIpc) is 2.55. The fourth-order valence-corrected chi connectivity index (χ4v) is 2.46. The smallest absolute Gasteiger partial charge is 0.224 e. The summed E-state index contributed by atoms with van der Waals surface area (Å²) in [4.78, 5) is 12.0. The summed E-state index contributed by atoms with van der Waals surface area (Å²) in [7, 11) is 1.64. The third-order valence-corrected chi connectivity index (χ3v) is 4.00. The number of benzene rings is 2. The molecule has 24 heavy (non-hydrogen) atoms. The van der Waals surface area contributed by atoms with Crippen LogP contribution in [0.15, 0.2) is 36.4 Å². The summed E-state index contributed by atoms with van der Waals surface area (Å²) in [5, 5.41) is 2.88. The Hall–Kier alpha value is -2.49. The van der Waals surface area contributed by atoms with Crippen molar-refractivity contribution in [2.75, 3.05) is 20.3 Å². The second kappa shape index (κ2) is 8.39. The molecule has 4 nitrogen and oxygen atoms in total. The monoisotopic (exact) mass is 327 g/mol. The van der Waals surface area contributed by atoms with Crippen LogP contribution >= 0.6 is 0 Å². The van der Waals surface area contributed by atoms with Gasteiger partial charge in [-0.2, -0.15) is 0 Å². The Kier molecular flexibility index (Phi) is 6.24. The molecule has 1 amide bonds. The van der Waals surface area contributed by atoms with E-state index in [2.05, 4.69) is 19.2 Å². The molecule has 0 unspecified atom stereocenters. The third-order valence-electron chi connectivity index (χ3n) is 4.00. The number of ether oxygens (including phenoxy) is 2. The summed E-state index contributed by atoms with van der Waals surface area (Å²) in [6, 6.07) is 11.8. The quantitative estimate of drug-likeness (QED) is 0.793. The van der Waals surface area contributed by atoms with E-state index in [-0.39, 0.29) is 5.91 Å². The zero-order valence-electron chi connectivity index (χ0n) is 14.8. The van der Waals surface area contributed by atoms with Crippen LogP contribution in [0.25, 0.3) is 0 Å². The molecule has 0 heterocycles. The fourth-order valence-electron chi connectivity index (χ4n) is 2.46. The molecule has 2 aromatic rings. The molecule has 0 atom stereocenters. The van der Waals surface area contributed by atoms with Crippen LogP contribution in [0.1, 0.15) is 22.3 Å². The molecule has 0 saturated heterocycles. The molecule has 0 saturated carbocycles. The van der Waals surface area contributed by atoms with Gasteiger partial charge in [0.15, 0.2) is 0 Å². The highest BCUT2D eigenvalue weighted by Gasteiger charge is 2.06. The number of carbonyl (C=O) groups excluding carboxylic acids is 1. The van der Waals surface area contributed by atoms with E-state index in [1.54, 1.807) is 7.11 Å². The van der Waals surface area contributed by atoms with E-state index in [4.69, 9.17) is 9.47 Å². The SMILES string of the molecule is COc1ccc(CC(=O)NCCOc2ccc(C)c(C)c2)cc1C. The van der Waals surface area contributed by atoms with E-state index in [1.165, 1.54) is 11.1 Å². The first-order chi connectivity index (χ1) is 11.5. The van der Waals surface area contributed by atoms with Crippen molar-refractivity contribution in [2.45, 2.75) is 27.2 Å². The lowest BCUT2D eigenvalue weighted by Crippen LogP contribution is -2.29. The maximum absolute atomic E-state index is 12.0. The first kappa shape index (κ1) is 17.9. The minimum Gasteiger partial charge on any atom is -0.496 e. The molecule has 0 aromatic heterocycles. The van der Waals surface area contributed by atoms with Crippen LogP contribution in [0.2, 0.25) is 0 Å². The predicted octanol–water partition coefficient (Wildman–Crippen LogP) is 3.36. The van der Waals surface area contributed by atoms with Crippen molar-refractivity contribution in [3.05, 3.63) is 58.7 Å². The van der Waals surface area contributed by atoms with Gasteiger partial charge in [-0.15, -0.1) is 0 Å². The molecule has 0 aliphatic carbocycles. The zero-order chi connectivity index (χ0) is 17.5. The predicted molar refractivity (Wildman–Crippen MR) is 95.9 cm³/mol. The Morgan fingerprint density at radius 3 is 2.46 bits per heavy atom. The van der Waals surface area contributed by atoms with Crippen LogP contribution in [0.4, 0.5) is 0 Å². The summed E-state index contributed by atoms with van der Waals surface area (Å²) in [5.74, 6) is 1.65. The summed E-state index contributed by atoms with van der Waals surface area (Å²) in [6.45, 7) is 7.04. The maximum Gasteiger partial charge on any atom is 0.224 e. The summed E-state index contributed by atoms with van der Waals surface area (Å²) in [6.07, 6.45) is 0.356. The molecule has 0 spiro atoms. The molecule has 0 aliphatic heterocycles. The molecule has 0 aliphatic rings. The second-order valence-electron chi connectivity index (χ2n) is 5.93. The molecule has 0 fully saturated rings. The maximum atomic E-state index is 12.0. The largest absolute Gasteiger partial charge is 0.496 e. The standard InChI is InChI=1S/C20H25NO3/c1-14-5-7-18(12-15(14)2)24-10-9-21-20(22)13-17-6-8-19(23-4)16(3)11-17/h5-8,11-12H,9-10,13H2,1-4H3,(H,21,22). The number of aryl methyl sites for hydroxylation is 3. The summed E-state index contributed by atoms with van der Waals surface area (Å²) >= 11 is 0. The lowest BCUT2D eigenvalue weighted by Gasteiger charge is -2.10. The van der Waals surface area contributed by atoms with Gasteiger partial charge in [-0.1, -0.05) is 18.2 Å². The van der Waals surface area contributed by atoms with Crippen molar-refractivity contribution in [1.29, 1.82) is 0 Å². The van der Waals surface area contributed by atoms with Gasteiger partial charge in [-0.3, -0.25) is 4.79 Å². The molecule has 4 heteroatoms. The van der Waals surface area contributed by atoms with Gasteiger partial charge in [0.2, 0.25) is 5.91 Å². The number of rotatable bonds is 7. The van der Waals surface area contributed by atoms with Gasteiger partial charge in [0.1, 0.15) is 18.1 Å². The van der Waals surface area contributed by atoms with Gasteiger partial charge < -0.3 is 14.8 Å². The lowest BCUT2D eigenvalue weighted by atomic mass is 10.1.